The number of thiazole rings is 1. The molecule has 2 amide bonds. The van der Waals surface area contributed by atoms with Gasteiger partial charge in [0.2, 0.25) is 0 Å². The molecule has 1 fully saturated rings. The number of carbonyl (C=O) groups is 1. The minimum atomic E-state index is -0.0309. The van der Waals surface area contributed by atoms with Crippen LogP contribution >= 0.6 is 11.3 Å². The molecule has 19 heavy (non-hydrogen) atoms. The van der Waals surface area contributed by atoms with Gasteiger partial charge in [0.15, 0.2) is 0 Å². The second-order valence-corrected chi connectivity index (χ2v) is 4.99. The van der Waals surface area contributed by atoms with Crippen molar-refractivity contribution in [2.24, 2.45) is 0 Å². The van der Waals surface area contributed by atoms with Crippen molar-refractivity contribution < 1.29 is 4.79 Å². The minimum Gasteiger partial charge on any atom is -0.379 e. The Bertz CT molecular complexity index is 570. The number of amides is 2. The van der Waals surface area contributed by atoms with Crippen molar-refractivity contribution in [3.05, 3.63) is 40.8 Å². The average Bonchev–Trinajstić information content (AvgIpc) is 3.08. The van der Waals surface area contributed by atoms with Crippen LogP contribution in [0.3, 0.4) is 0 Å². The summed E-state index contributed by atoms with van der Waals surface area (Å²) < 4.78 is 0. The lowest BCUT2D eigenvalue weighted by atomic mass is 10.2. The van der Waals surface area contributed by atoms with Crippen molar-refractivity contribution >= 4 is 28.7 Å². The Labute approximate surface area is 115 Å². The van der Waals surface area contributed by atoms with Crippen molar-refractivity contribution in [1.29, 1.82) is 0 Å². The molecule has 1 saturated heterocycles. The largest absolute Gasteiger partial charge is 0.379 e. The lowest BCUT2D eigenvalue weighted by Crippen LogP contribution is -2.27. The molecule has 0 unspecified atom stereocenters. The molecule has 0 atom stereocenters. The normalized spacial score (nSPS) is 14.5. The topological polar surface area (TPSA) is 57.3 Å². The maximum absolute atomic E-state index is 11.6. The van der Waals surface area contributed by atoms with Crippen LogP contribution in [0.25, 0.3) is 0 Å². The number of hydrogen-bond acceptors (Lipinski definition) is 4. The van der Waals surface area contributed by atoms with Crippen LogP contribution in [0.5, 0.6) is 0 Å². The monoisotopic (exact) mass is 274 g/mol. The number of rotatable bonds is 4. The zero-order valence-corrected chi connectivity index (χ0v) is 11.1. The fourth-order valence-electron chi connectivity index (χ4n) is 2.02. The van der Waals surface area contributed by atoms with Gasteiger partial charge < -0.3 is 10.6 Å². The molecule has 3 rings (SSSR count). The highest BCUT2D eigenvalue weighted by Gasteiger charge is 2.20. The van der Waals surface area contributed by atoms with Gasteiger partial charge in [0, 0.05) is 29.8 Å². The van der Waals surface area contributed by atoms with Crippen LogP contribution in [0.15, 0.2) is 35.2 Å². The lowest BCUT2D eigenvalue weighted by Gasteiger charge is -2.15. The van der Waals surface area contributed by atoms with Crippen LogP contribution in [-0.2, 0) is 6.54 Å². The maximum atomic E-state index is 11.6. The summed E-state index contributed by atoms with van der Waals surface area (Å²) in [6.45, 7) is 2.11. The van der Waals surface area contributed by atoms with Gasteiger partial charge in [-0.15, -0.1) is 11.3 Å². The van der Waals surface area contributed by atoms with Crippen LogP contribution < -0.4 is 15.5 Å². The van der Waals surface area contributed by atoms with Gasteiger partial charge in [-0.1, -0.05) is 6.07 Å². The molecule has 0 saturated carbocycles. The Morgan fingerprint density at radius 1 is 1.47 bits per heavy atom. The van der Waals surface area contributed by atoms with E-state index in [2.05, 4.69) is 15.6 Å². The second kappa shape index (κ2) is 5.27. The third-order valence-electron chi connectivity index (χ3n) is 2.97. The number of urea groups is 1. The van der Waals surface area contributed by atoms with E-state index in [-0.39, 0.29) is 6.03 Å². The van der Waals surface area contributed by atoms with Gasteiger partial charge in [0.25, 0.3) is 0 Å². The number of hydrogen-bond donors (Lipinski definition) is 2. The van der Waals surface area contributed by atoms with Crippen molar-refractivity contribution in [3.8, 4) is 0 Å². The van der Waals surface area contributed by atoms with Crippen molar-refractivity contribution in [2.75, 3.05) is 23.3 Å². The van der Waals surface area contributed by atoms with Gasteiger partial charge >= 0.3 is 6.03 Å². The van der Waals surface area contributed by atoms with Crippen LogP contribution in [0.4, 0.5) is 16.2 Å². The molecule has 0 spiro atoms. The van der Waals surface area contributed by atoms with Crippen molar-refractivity contribution in [3.63, 3.8) is 0 Å². The predicted octanol–water partition coefficient (Wildman–Crippen LogP) is 2.28. The average molecular weight is 274 g/mol. The Morgan fingerprint density at radius 2 is 2.42 bits per heavy atom. The van der Waals surface area contributed by atoms with Crippen LogP contribution in [0.1, 0.15) is 5.69 Å². The fraction of sp³-hybridized carbons (Fsp3) is 0.231. The zero-order chi connectivity index (χ0) is 13.1. The second-order valence-electron chi connectivity index (χ2n) is 4.27. The smallest absolute Gasteiger partial charge is 0.321 e. The van der Waals surface area contributed by atoms with Gasteiger partial charge in [-0.3, -0.25) is 4.90 Å². The van der Waals surface area contributed by atoms with Crippen molar-refractivity contribution in [1.82, 2.24) is 10.3 Å². The molecule has 5 nitrogen and oxygen atoms in total. The highest BCUT2D eigenvalue weighted by molar-refractivity contribution is 7.07. The Kier molecular flexibility index (Phi) is 3.33. The summed E-state index contributed by atoms with van der Waals surface area (Å²) in [6, 6.07) is 7.83. The summed E-state index contributed by atoms with van der Waals surface area (Å²) >= 11 is 1.59. The number of anilines is 2. The molecular weight excluding hydrogens is 260 g/mol. The molecule has 2 aromatic rings. The molecule has 0 bridgehead atoms. The molecule has 1 aromatic heterocycles. The number of aromatic nitrogens is 1. The SMILES string of the molecule is O=C1NCCN1c1cccc(NCc2cscn2)c1. The van der Waals surface area contributed by atoms with E-state index >= 15 is 0 Å². The van der Waals surface area contributed by atoms with Crippen LogP contribution in [0, 0.1) is 0 Å². The van der Waals surface area contributed by atoms with E-state index in [1.165, 1.54) is 0 Å². The predicted molar refractivity (Wildman–Crippen MR) is 76.6 cm³/mol. The highest BCUT2D eigenvalue weighted by atomic mass is 32.1. The van der Waals surface area contributed by atoms with Crippen molar-refractivity contribution in [2.45, 2.75) is 6.54 Å². The molecule has 2 N–H and O–H groups in total. The summed E-state index contributed by atoms with van der Waals surface area (Å²) in [5, 5.41) is 8.13. The third kappa shape index (κ3) is 2.68. The van der Waals surface area contributed by atoms with Gasteiger partial charge in [-0.25, -0.2) is 9.78 Å². The molecule has 6 heteroatoms. The maximum Gasteiger partial charge on any atom is 0.321 e. The number of benzene rings is 1. The molecule has 1 aliphatic rings. The molecule has 0 radical (unpaired) electrons. The van der Waals surface area contributed by atoms with Gasteiger partial charge in [0.1, 0.15) is 0 Å². The quantitative estimate of drug-likeness (QED) is 0.899. The zero-order valence-electron chi connectivity index (χ0n) is 10.3. The van der Waals surface area contributed by atoms with E-state index in [0.29, 0.717) is 19.6 Å². The Hall–Kier alpha value is -2.08. The molecule has 1 aliphatic heterocycles. The molecular formula is C13H14N4OS. The first kappa shape index (κ1) is 12.0. The van der Waals surface area contributed by atoms with E-state index < -0.39 is 0 Å². The molecule has 1 aromatic carbocycles. The highest BCUT2D eigenvalue weighted by Crippen LogP contribution is 2.21. The third-order valence-corrected chi connectivity index (χ3v) is 3.61. The number of nitrogens with zero attached hydrogens (tertiary/aromatic N) is 2. The van der Waals surface area contributed by atoms with E-state index in [4.69, 9.17) is 0 Å². The minimum absolute atomic E-state index is 0.0309. The molecule has 0 aliphatic carbocycles. The number of nitrogens with one attached hydrogen (secondary N) is 2. The molecule has 98 valence electrons. The Morgan fingerprint density at radius 3 is 3.16 bits per heavy atom. The summed E-state index contributed by atoms with van der Waals surface area (Å²) in [6.07, 6.45) is 0. The lowest BCUT2D eigenvalue weighted by molar-refractivity contribution is 0.252. The van der Waals surface area contributed by atoms with E-state index in [1.54, 1.807) is 16.2 Å². The van der Waals surface area contributed by atoms with E-state index in [0.717, 1.165) is 17.1 Å². The van der Waals surface area contributed by atoms with E-state index in [9.17, 15) is 4.79 Å². The first-order valence-electron chi connectivity index (χ1n) is 6.09. The fourth-order valence-corrected chi connectivity index (χ4v) is 2.58. The van der Waals surface area contributed by atoms with Gasteiger partial charge in [-0.2, -0.15) is 0 Å². The summed E-state index contributed by atoms with van der Waals surface area (Å²) in [5.41, 5.74) is 4.75. The first-order valence-corrected chi connectivity index (χ1v) is 7.03. The Balaban J connectivity index is 1.71. The van der Waals surface area contributed by atoms with E-state index in [1.807, 2.05) is 35.2 Å². The summed E-state index contributed by atoms with van der Waals surface area (Å²) in [5.74, 6) is 0. The number of carbonyl (C=O) groups excluding carboxylic acids is 1. The van der Waals surface area contributed by atoms with Gasteiger partial charge in [0.05, 0.1) is 17.7 Å². The standard InChI is InChI=1S/C13H14N4OS/c18-13-14-4-5-17(13)12-3-1-2-10(6-12)15-7-11-8-19-9-16-11/h1-3,6,8-9,15H,4-5,7H2,(H,14,18). The summed E-state index contributed by atoms with van der Waals surface area (Å²) in [4.78, 5) is 17.6. The first-order chi connectivity index (χ1) is 9.33. The molecule has 2 heterocycles. The summed E-state index contributed by atoms with van der Waals surface area (Å²) in [7, 11) is 0. The van der Waals surface area contributed by atoms with Gasteiger partial charge in [-0.05, 0) is 18.2 Å². The van der Waals surface area contributed by atoms with Crippen LogP contribution in [0.2, 0.25) is 0 Å². The van der Waals surface area contributed by atoms with Crippen LogP contribution in [-0.4, -0.2) is 24.1 Å².